The molecule has 1 amide bonds. The largest absolute Gasteiger partial charge is 0.355 e. The molecule has 0 aliphatic carbocycles. The molecule has 1 fully saturated rings. The molecular formula is C22H25ClN2O2. The van der Waals surface area contributed by atoms with Crippen LogP contribution in [0.5, 0.6) is 0 Å². The fourth-order valence-corrected chi connectivity index (χ4v) is 3.70. The Kier molecular flexibility index (Phi) is 7.02. The number of carbonyl (C=O) groups excluding carboxylic acids is 2. The van der Waals surface area contributed by atoms with Crippen molar-refractivity contribution in [3.05, 3.63) is 70.7 Å². The monoisotopic (exact) mass is 384 g/mol. The van der Waals surface area contributed by atoms with Crippen LogP contribution in [0.2, 0.25) is 5.02 Å². The lowest BCUT2D eigenvalue weighted by molar-refractivity contribution is -0.122. The molecule has 3 rings (SSSR count). The lowest BCUT2D eigenvalue weighted by Crippen LogP contribution is -2.43. The summed E-state index contributed by atoms with van der Waals surface area (Å²) in [6.45, 7) is 2.56. The van der Waals surface area contributed by atoms with Crippen LogP contribution in [0, 0.1) is 5.92 Å². The van der Waals surface area contributed by atoms with Gasteiger partial charge in [0, 0.05) is 23.0 Å². The molecule has 0 saturated carbocycles. The molecule has 27 heavy (non-hydrogen) atoms. The van der Waals surface area contributed by atoms with E-state index in [1.165, 1.54) is 0 Å². The van der Waals surface area contributed by atoms with Crippen molar-refractivity contribution in [2.75, 3.05) is 26.2 Å². The number of ketones is 1. The molecule has 0 bridgehead atoms. The second-order valence-electron chi connectivity index (χ2n) is 7.01. The molecule has 1 aliphatic rings. The number of amides is 1. The van der Waals surface area contributed by atoms with Crippen molar-refractivity contribution in [2.45, 2.75) is 19.3 Å². The SMILES string of the molecule is O=C(CN1CCC(C(=O)c2ccccc2)CC1)NCCc1cccc(Cl)c1. The first kappa shape index (κ1) is 19.6. The summed E-state index contributed by atoms with van der Waals surface area (Å²) in [5.74, 6) is 0.320. The van der Waals surface area contributed by atoms with Gasteiger partial charge in [0.15, 0.2) is 5.78 Å². The second-order valence-corrected chi connectivity index (χ2v) is 7.45. The summed E-state index contributed by atoms with van der Waals surface area (Å²) < 4.78 is 0. The Bertz CT molecular complexity index is 771. The van der Waals surface area contributed by atoms with Crippen molar-refractivity contribution >= 4 is 23.3 Å². The lowest BCUT2D eigenvalue weighted by Gasteiger charge is -2.30. The summed E-state index contributed by atoms with van der Waals surface area (Å²) in [4.78, 5) is 26.8. The first-order valence-corrected chi connectivity index (χ1v) is 9.82. The van der Waals surface area contributed by atoms with E-state index in [0.29, 0.717) is 18.1 Å². The Labute approximate surface area is 165 Å². The Balaban J connectivity index is 1.37. The van der Waals surface area contributed by atoms with Crippen LogP contribution in [0.25, 0.3) is 0 Å². The van der Waals surface area contributed by atoms with Crippen molar-refractivity contribution in [2.24, 2.45) is 5.92 Å². The zero-order valence-electron chi connectivity index (χ0n) is 15.4. The minimum Gasteiger partial charge on any atom is -0.355 e. The van der Waals surface area contributed by atoms with Crippen LogP contribution in [0.4, 0.5) is 0 Å². The average molecular weight is 385 g/mol. The normalized spacial score (nSPS) is 15.4. The van der Waals surface area contributed by atoms with Crippen molar-refractivity contribution in [3.63, 3.8) is 0 Å². The van der Waals surface area contributed by atoms with Gasteiger partial charge in [-0.3, -0.25) is 14.5 Å². The molecule has 0 unspecified atom stereocenters. The van der Waals surface area contributed by atoms with Gasteiger partial charge in [0.25, 0.3) is 0 Å². The van der Waals surface area contributed by atoms with Crippen LogP contribution in [0.15, 0.2) is 54.6 Å². The van der Waals surface area contributed by atoms with Gasteiger partial charge in [0.1, 0.15) is 0 Å². The highest BCUT2D eigenvalue weighted by Crippen LogP contribution is 2.21. The summed E-state index contributed by atoms with van der Waals surface area (Å²) in [6, 6.07) is 17.2. The highest BCUT2D eigenvalue weighted by molar-refractivity contribution is 6.30. The average Bonchev–Trinajstić information content (AvgIpc) is 2.69. The Morgan fingerprint density at radius 2 is 1.78 bits per heavy atom. The van der Waals surface area contributed by atoms with Gasteiger partial charge in [-0.1, -0.05) is 54.1 Å². The van der Waals surface area contributed by atoms with Crippen LogP contribution in [-0.4, -0.2) is 42.8 Å². The first-order chi connectivity index (χ1) is 13.1. The quantitative estimate of drug-likeness (QED) is 0.742. The van der Waals surface area contributed by atoms with E-state index in [2.05, 4.69) is 10.2 Å². The van der Waals surface area contributed by atoms with Crippen LogP contribution >= 0.6 is 11.6 Å². The second kappa shape index (κ2) is 9.67. The van der Waals surface area contributed by atoms with E-state index in [4.69, 9.17) is 11.6 Å². The molecule has 0 spiro atoms. The van der Waals surface area contributed by atoms with E-state index in [9.17, 15) is 9.59 Å². The number of likely N-dealkylation sites (tertiary alicyclic amines) is 1. The standard InChI is InChI=1S/C22H25ClN2O2/c23-20-8-4-5-17(15-20)9-12-24-21(26)16-25-13-10-19(11-14-25)22(27)18-6-2-1-3-7-18/h1-8,15,19H,9-14,16H2,(H,24,26). The summed E-state index contributed by atoms with van der Waals surface area (Å²) in [5.41, 5.74) is 1.90. The molecule has 0 radical (unpaired) electrons. The molecule has 1 N–H and O–H groups in total. The van der Waals surface area contributed by atoms with E-state index < -0.39 is 0 Å². The minimum atomic E-state index is 0.0323. The van der Waals surface area contributed by atoms with Gasteiger partial charge in [-0.2, -0.15) is 0 Å². The van der Waals surface area contributed by atoms with E-state index >= 15 is 0 Å². The zero-order chi connectivity index (χ0) is 19.1. The summed E-state index contributed by atoms with van der Waals surface area (Å²) in [7, 11) is 0. The van der Waals surface area contributed by atoms with E-state index in [-0.39, 0.29) is 17.6 Å². The molecule has 4 nitrogen and oxygen atoms in total. The predicted octanol–water partition coefficient (Wildman–Crippen LogP) is 3.59. The maximum atomic E-state index is 12.5. The fourth-order valence-electron chi connectivity index (χ4n) is 3.49. The van der Waals surface area contributed by atoms with Crippen LogP contribution < -0.4 is 5.32 Å². The molecule has 1 aliphatic heterocycles. The summed E-state index contributed by atoms with van der Waals surface area (Å²) in [5, 5.41) is 3.68. The third-order valence-corrected chi connectivity index (χ3v) is 5.24. The summed E-state index contributed by atoms with van der Waals surface area (Å²) >= 11 is 5.97. The highest BCUT2D eigenvalue weighted by Gasteiger charge is 2.26. The number of hydrogen-bond acceptors (Lipinski definition) is 3. The molecular weight excluding hydrogens is 360 g/mol. The number of halogens is 1. The number of rotatable bonds is 7. The number of Topliss-reactive ketones (excluding diaryl/α,β-unsaturated/α-hetero) is 1. The van der Waals surface area contributed by atoms with Crippen molar-refractivity contribution < 1.29 is 9.59 Å². The molecule has 1 heterocycles. The molecule has 0 atom stereocenters. The highest BCUT2D eigenvalue weighted by atomic mass is 35.5. The predicted molar refractivity (Wildman–Crippen MR) is 108 cm³/mol. The molecule has 142 valence electrons. The van der Waals surface area contributed by atoms with Crippen molar-refractivity contribution in [3.8, 4) is 0 Å². The third-order valence-electron chi connectivity index (χ3n) is 5.01. The Morgan fingerprint density at radius 1 is 1.04 bits per heavy atom. The van der Waals surface area contributed by atoms with Gasteiger partial charge in [-0.15, -0.1) is 0 Å². The van der Waals surface area contributed by atoms with Gasteiger partial charge in [0.05, 0.1) is 6.54 Å². The van der Waals surface area contributed by atoms with Crippen molar-refractivity contribution in [1.29, 1.82) is 0 Å². The molecule has 1 saturated heterocycles. The van der Waals surface area contributed by atoms with Crippen molar-refractivity contribution in [1.82, 2.24) is 10.2 Å². The number of piperidine rings is 1. The molecule has 5 heteroatoms. The summed E-state index contributed by atoms with van der Waals surface area (Å²) in [6.07, 6.45) is 2.38. The lowest BCUT2D eigenvalue weighted by atomic mass is 9.89. The number of hydrogen-bond donors (Lipinski definition) is 1. The van der Waals surface area contributed by atoms with Gasteiger partial charge >= 0.3 is 0 Å². The fraction of sp³-hybridized carbons (Fsp3) is 0.364. The van der Waals surface area contributed by atoms with Crippen LogP contribution in [-0.2, 0) is 11.2 Å². The number of nitrogens with zero attached hydrogens (tertiary/aromatic N) is 1. The number of carbonyl (C=O) groups is 2. The number of nitrogens with one attached hydrogen (secondary N) is 1. The van der Waals surface area contributed by atoms with E-state index in [1.54, 1.807) is 0 Å². The first-order valence-electron chi connectivity index (χ1n) is 9.44. The maximum Gasteiger partial charge on any atom is 0.234 e. The maximum absolute atomic E-state index is 12.5. The minimum absolute atomic E-state index is 0.0323. The van der Waals surface area contributed by atoms with Gasteiger partial charge in [-0.25, -0.2) is 0 Å². The molecule has 2 aromatic rings. The Hall–Kier alpha value is -2.17. The number of benzene rings is 2. The van der Waals surface area contributed by atoms with Gasteiger partial charge in [-0.05, 0) is 50.0 Å². The Morgan fingerprint density at radius 3 is 2.48 bits per heavy atom. The molecule has 2 aromatic carbocycles. The van der Waals surface area contributed by atoms with Crippen LogP contribution in [0.3, 0.4) is 0 Å². The van der Waals surface area contributed by atoms with Gasteiger partial charge in [0.2, 0.25) is 5.91 Å². The topological polar surface area (TPSA) is 49.4 Å². The van der Waals surface area contributed by atoms with Crippen LogP contribution in [0.1, 0.15) is 28.8 Å². The van der Waals surface area contributed by atoms with E-state index in [0.717, 1.165) is 43.5 Å². The third kappa shape index (κ3) is 5.91. The zero-order valence-corrected chi connectivity index (χ0v) is 16.1. The molecule has 0 aromatic heterocycles. The van der Waals surface area contributed by atoms with Gasteiger partial charge < -0.3 is 5.32 Å². The smallest absolute Gasteiger partial charge is 0.234 e. The van der Waals surface area contributed by atoms with E-state index in [1.807, 2.05) is 54.6 Å².